The van der Waals surface area contributed by atoms with Gasteiger partial charge >= 0.3 is 0 Å². The predicted octanol–water partition coefficient (Wildman–Crippen LogP) is 3.88. The van der Waals surface area contributed by atoms with Crippen LogP contribution in [-0.4, -0.2) is 26.1 Å². The summed E-state index contributed by atoms with van der Waals surface area (Å²) in [4.78, 5) is 0.155. The van der Waals surface area contributed by atoms with Crippen LogP contribution in [0, 0.1) is 17.8 Å². The molecule has 2 aromatic carbocycles. The first-order chi connectivity index (χ1) is 15.2. The predicted molar refractivity (Wildman–Crippen MR) is 126 cm³/mol. The van der Waals surface area contributed by atoms with Crippen molar-refractivity contribution < 1.29 is 13.5 Å². The molecule has 172 valence electrons. The van der Waals surface area contributed by atoms with Gasteiger partial charge in [0.25, 0.3) is 0 Å². The Morgan fingerprint density at radius 1 is 1.12 bits per heavy atom. The number of hydrogen-bond donors (Lipinski definition) is 3. The fourth-order valence-corrected chi connectivity index (χ4v) is 6.90. The molecule has 0 saturated heterocycles. The molecule has 5 rings (SSSR count). The average molecular weight is 455 g/mol. The topological polar surface area (TPSA) is 92.4 Å². The summed E-state index contributed by atoms with van der Waals surface area (Å²) in [5, 5.41) is 19.3. The van der Waals surface area contributed by atoms with E-state index in [1.807, 2.05) is 24.3 Å². The molecule has 0 amide bonds. The summed E-state index contributed by atoms with van der Waals surface area (Å²) >= 11 is 0. The van der Waals surface area contributed by atoms with Crippen molar-refractivity contribution in [2.24, 2.45) is 22.9 Å². The zero-order valence-electron chi connectivity index (χ0n) is 18.8. The first kappa shape index (κ1) is 21.9. The number of phenolic OH excluding ortho intramolecular Hbond substituents is 1. The summed E-state index contributed by atoms with van der Waals surface area (Å²) in [6.45, 7) is 3.22. The molecule has 3 aliphatic carbocycles. The lowest BCUT2D eigenvalue weighted by molar-refractivity contribution is 0.0765. The van der Waals surface area contributed by atoms with Crippen molar-refractivity contribution in [3.8, 4) is 5.75 Å². The van der Waals surface area contributed by atoms with Crippen LogP contribution >= 0.6 is 0 Å². The minimum absolute atomic E-state index is 0.0223. The first-order valence-corrected chi connectivity index (χ1v) is 13.5. The van der Waals surface area contributed by atoms with Crippen molar-refractivity contribution in [2.75, 3.05) is 6.54 Å². The van der Waals surface area contributed by atoms with Crippen molar-refractivity contribution in [3.05, 3.63) is 59.2 Å². The van der Waals surface area contributed by atoms with E-state index in [0.29, 0.717) is 17.7 Å². The van der Waals surface area contributed by atoms with E-state index in [0.717, 1.165) is 43.2 Å². The summed E-state index contributed by atoms with van der Waals surface area (Å²) in [6.07, 6.45) is 8.52. The smallest absolute Gasteiger partial charge is 0.238 e. The Hall–Kier alpha value is -1.89. The molecule has 6 heteroatoms. The van der Waals surface area contributed by atoms with Gasteiger partial charge in [-0.1, -0.05) is 38.0 Å². The number of rotatable bonds is 7. The van der Waals surface area contributed by atoms with Crippen molar-refractivity contribution in [2.45, 2.75) is 68.2 Å². The quantitative estimate of drug-likeness (QED) is 0.592. The second kappa shape index (κ2) is 8.15. The zero-order valence-corrected chi connectivity index (χ0v) is 19.6. The van der Waals surface area contributed by atoms with E-state index in [1.165, 1.54) is 36.8 Å². The van der Waals surface area contributed by atoms with Crippen LogP contribution in [0.3, 0.4) is 0 Å². The third-order valence-corrected chi connectivity index (χ3v) is 9.21. The molecule has 32 heavy (non-hydrogen) atoms. The lowest BCUT2D eigenvalue weighted by Crippen LogP contribution is -2.59. The van der Waals surface area contributed by atoms with Gasteiger partial charge in [-0.3, -0.25) is 0 Å². The van der Waals surface area contributed by atoms with Crippen LogP contribution in [0.1, 0.15) is 55.7 Å². The van der Waals surface area contributed by atoms with E-state index in [9.17, 15) is 13.5 Å². The van der Waals surface area contributed by atoms with Gasteiger partial charge in [-0.25, -0.2) is 13.6 Å². The monoisotopic (exact) mass is 454 g/mol. The van der Waals surface area contributed by atoms with Gasteiger partial charge < -0.3 is 10.4 Å². The SMILES string of the molecule is C[C@]12CCC(CC3CC3)[C@H](Cc3ccc(O)cc31)[C@H]2NCCc1ccc(S(N)(=O)=O)cc1. The van der Waals surface area contributed by atoms with Crippen molar-refractivity contribution in [3.63, 3.8) is 0 Å². The lowest BCUT2D eigenvalue weighted by Gasteiger charge is -2.55. The first-order valence-electron chi connectivity index (χ1n) is 11.9. The minimum atomic E-state index is -3.65. The zero-order chi connectivity index (χ0) is 22.5. The Labute approximate surface area is 191 Å². The Morgan fingerprint density at radius 3 is 2.56 bits per heavy atom. The highest BCUT2D eigenvalue weighted by Crippen LogP contribution is 2.54. The highest BCUT2D eigenvalue weighted by Gasteiger charge is 2.51. The average Bonchev–Trinajstić information content (AvgIpc) is 3.56. The fourth-order valence-electron chi connectivity index (χ4n) is 6.38. The van der Waals surface area contributed by atoms with Crippen LogP contribution in [0.4, 0.5) is 0 Å². The Bertz CT molecular complexity index is 1090. The molecule has 3 aliphatic rings. The number of nitrogens with one attached hydrogen (secondary N) is 1. The largest absolute Gasteiger partial charge is 0.508 e. The maximum absolute atomic E-state index is 11.5. The number of nitrogens with two attached hydrogens (primary N) is 1. The molecule has 0 aliphatic heterocycles. The molecule has 5 nitrogen and oxygen atoms in total. The molecule has 0 heterocycles. The maximum atomic E-state index is 11.5. The number of aromatic hydroxyl groups is 1. The van der Waals surface area contributed by atoms with E-state index in [4.69, 9.17) is 5.14 Å². The van der Waals surface area contributed by atoms with Gasteiger partial charge in [0.05, 0.1) is 4.90 Å². The molecular formula is C26H34N2O3S. The van der Waals surface area contributed by atoms with Crippen LogP contribution < -0.4 is 10.5 Å². The van der Waals surface area contributed by atoms with Gasteiger partial charge in [-0.15, -0.1) is 0 Å². The molecule has 4 atom stereocenters. The standard InChI is InChI=1S/C26H34N2O3S/c1-26-12-10-19(14-18-2-3-18)23(15-20-6-7-21(29)16-24(20)26)25(26)28-13-11-17-4-8-22(9-5-17)32(27,30)31/h4-9,16,18-19,23,25,28-29H,2-3,10-15H2,1H3,(H2,27,30,31)/t19?,23-,25+,26-/m0/s1. The maximum Gasteiger partial charge on any atom is 0.238 e. The molecule has 2 saturated carbocycles. The van der Waals surface area contributed by atoms with E-state index in [2.05, 4.69) is 18.3 Å². The fraction of sp³-hybridized carbons (Fsp3) is 0.538. The number of phenols is 1. The number of sulfonamides is 1. The van der Waals surface area contributed by atoms with E-state index >= 15 is 0 Å². The molecule has 2 fully saturated rings. The Kier molecular flexibility index (Phi) is 5.59. The highest BCUT2D eigenvalue weighted by atomic mass is 32.2. The van der Waals surface area contributed by atoms with Crippen LogP contribution in [-0.2, 0) is 28.3 Å². The van der Waals surface area contributed by atoms with E-state index < -0.39 is 10.0 Å². The molecule has 2 bridgehead atoms. The molecule has 4 N–H and O–H groups in total. The van der Waals surface area contributed by atoms with E-state index in [-0.39, 0.29) is 10.3 Å². The molecule has 2 aromatic rings. The van der Waals surface area contributed by atoms with Gasteiger partial charge in [0.15, 0.2) is 0 Å². The summed E-state index contributed by atoms with van der Waals surface area (Å²) in [6, 6.07) is 13.2. The van der Waals surface area contributed by atoms with Gasteiger partial charge in [0, 0.05) is 11.5 Å². The van der Waals surface area contributed by atoms with Crippen LogP contribution in [0.15, 0.2) is 47.4 Å². The molecule has 0 radical (unpaired) electrons. The minimum Gasteiger partial charge on any atom is -0.508 e. The van der Waals surface area contributed by atoms with Gasteiger partial charge in [-0.05, 0) is 97.4 Å². The number of primary sulfonamides is 1. The normalized spacial score (nSPS) is 29.5. The summed E-state index contributed by atoms with van der Waals surface area (Å²) in [5.41, 5.74) is 3.85. The number of benzene rings is 2. The molecular weight excluding hydrogens is 420 g/mol. The second-order valence-electron chi connectivity index (χ2n) is 10.5. The third kappa shape index (κ3) is 4.20. The molecule has 0 spiro atoms. The third-order valence-electron chi connectivity index (χ3n) is 8.28. The summed E-state index contributed by atoms with van der Waals surface area (Å²) in [7, 11) is -3.65. The van der Waals surface area contributed by atoms with Gasteiger partial charge in [0.2, 0.25) is 10.0 Å². The number of fused-ring (bicyclic) bond motifs is 4. The Balaban J connectivity index is 1.35. The van der Waals surface area contributed by atoms with Gasteiger partial charge in [-0.2, -0.15) is 0 Å². The van der Waals surface area contributed by atoms with Crippen molar-refractivity contribution in [1.82, 2.24) is 5.32 Å². The highest BCUT2D eigenvalue weighted by molar-refractivity contribution is 7.89. The van der Waals surface area contributed by atoms with E-state index in [1.54, 1.807) is 12.1 Å². The molecule has 0 aromatic heterocycles. The number of hydrogen-bond acceptors (Lipinski definition) is 4. The van der Waals surface area contributed by atoms with Crippen molar-refractivity contribution >= 4 is 10.0 Å². The molecule has 1 unspecified atom stereocenters. The Morgan fingerprint density at radius 2 is 1.88 bits per heavy atom. The second-order valence-corrected chi connectivity index (χ2v) is 12.0. The summed E-state index contributed by atoms with van der Waals surface area (Å²) < 4.78 is 23.0. The van der Waals surface area contributed by atoms with Crippen molar-refractivity contribution in [1.29, 1.82) is 0 Å². The summed E-state index contributed by atoms with van der Waals surface area (Å²) in [5.74, 6) is 2.68. The van der Waals surface area contributed by atoms with Crippen LogP contribution in [0.25, 0.3) is 0 Å². The lowest BCUT2D eigenvalue weighted by atomic mass is 9.53. The van der Waals surface area contributed by atoms with Gasteiger partial charge in [0.1, 0.15) is 5.75 Å². The van der Waals surface area contributed by atoms with Crippen LogP contribution in [0.2, 0.25) is 0 Å². The van der Waals surface area contributed by atoms with Crippen LogP contribution in [0.5, 0.6) is 5.75 Å².